The summed E-state index contributed by atoms with van der Waals surface area (Å²) in [7, 11) is 0.521. The van der Waals surface area contributed by atoms with Gasteiger partial charge in [0.2, 0.25) is 0 Å². The number of nitrogens with one attached hydrogen (secondary N) is 1. The monoisotopic (exact) mass is 385 g/mol. The number of amides is 1. The van der Waals surface area contributed by atoms with E-state index in [1.54, 1.807) is 48.2 Å². The lowest BCUT2D eigenvalue weighted by atomic mass is 10.2. The minimum atomic E-state index is -1.03. The van der Waals surface area contributed by atoms with Gasteiger partial charge in [-0.1, -0.05) is 0 Å². The summed E-state index contributed by atoms with van der Waals surface area (Å²) < 4.78 is 31.8. The number of methoxy groups -OCH3 is 1. The molecule has 1 N–H and O–H groups in total. The molecule has 27 heavy (non-hydrogen) atoms. The lowest BCUT2D eigenvalue weighted by molar-refractivity contribution is 0.102. The van der Waals surface area contributed by atoms with E-state index >= 15 is 0 Å². The Labute approximate surface area is 157 Å². The molecule has 0 fully saturated rings. The van der Waals surface area contributed by atoms with Gasteiger partial charge in [-0.2, -0.15) is 5.10 Å². The topological polar surface area (TPSA) is 73.2 Å². The molecule has 4 rings (SSSR count). The van der Waals surface area contributed by atoms with Gasteiger partial charge in [-0.3, -0.25) is 9.00 Å². The Morgan fingerprint density at radius 2 is 1.85 bits per heavy atom. The molecule has 2 aromatic carbocycles. The molecule has 138 valence electrons. The van der Waals surface area contributed by atoms with Crippen molar-refractivity contribution in [2.24, 2.45) is 0 Å². The second kappa shape index (κ2) is 6.96. The van der Waals surface area contributed by atoms with Crippen molar-refractivity contribution in [3.63, 3.8) is 0 Å². The van der Waals surface area contributed by atoms with Crippen molar-refractivity contribution in [2.75, 3.05) is 12.4 Å². The summed E-state index contributed by atoms with van der Waals surface area (Å²) in [4.78, 5) is 12.7. The van der Waals surface area contributed by atoms with Crippen LogP contribution in [0.2, 0.25) is 0 Å². The summed E-state index contributed by atoms with van der Waals surface area (Å²) in [5, 5.41) is 7.35. The van der Waals surface area contributed by atoms with Crippen LogP contribution in [0.4, 0.5) is 10.2 Å². The second-order valence-electron chi connectivity index (χ2n) is 6.07. The number of hydrogen-bond acceptors (Lipinski definition) is 4. The molecule has 1 amide bonds. The Balaban J connectivity index is 1.71. The van der Waals surface area contributed by atoms with Gasteiger partial charge in [-0.15, -0.1) is 0 Å². The number of carbonyl (C=O) groups excluding carboxylic acids is 1. The van der Waals surface area contributed by atoms with E-state index in [-0.39, 0.29) is 11.7 Å². The van der Waals surface area contributed by atoms with Crippen LogP contribution in [-0.4, -0.2) is 27.0 Å². The Kier molecular flexibility index (Phi) is 4.49. The third-order valence-corrected chi connectivity index (χ3v) is 5.53. The van der Waals surface area contributed by atoms with Crippen LogP contribution in [0.15, 0.2) is 48.5 Å². The highest BCUT2D eigenvalue weighted by molar-refractivity contribution is 7.83. The molecule has 0 spiro atoms. The fourth-order valence-corrected chi connectivity index (χ4v) is 4.21. The van der Waals surface area contributed by atoms with Crippen molar-refractivity contribution in [1.82, 2.24) is 9.78 Å². The summed E-state index contributed by atoms with van der Waals surface area (Å²) in [5.41, 5.74) is 2.50. The van der Waals surface area contributed by atoms with Crippen molar-refractivity contribution in [2.45, 2.75) is 11.5 Å². The maximum absolute atomic E-state index is 13.3. The Morgan fingerprint density at radius 3 is 2.52 bits per heavy atom. The average Bonchev–Trinajstić information content (AvgIpc) is 3.19. The van der Waals surface area contributed by atoms with Gasteiger partial charge in [-0.05, 0) is 48.5 Å². The van der Waals surface area contributed by atoms with E-state index in [0.717, 1.165) is 5.56 Å². The fourth-order valence-electron chi connectivity index (χ4n) is 2.95. The SMILES string of the molecule is COc1ccc(C(=O)Nc2c3c(nn2-c2ccc(F)cc2)CS(=O)C3)cc1. The first kappa shape index (κ1) is 17.4. The molecule has 1 aliphatic rings. The van der Waals surface area contributed by atoms with E-state index in [1.807, 2.05) is 0 Å². The summed E-state index contributed by atoms with van der Waals surface area (Å²) in [5.74, 6) is 1.11. The standard InChI is InChI=1S/C19H16FN3O3S/c1-26-15-8-2-12(3-9-15)19(24)21-18-16-10-27(25)11-17(16)22-23(18)14-6-4-13(20)5-7-14/h2-9H,10-11H2,1H3,(H,21,24). The van der Waals surface area contributed by atoms with Crippen LogP contribution in [0.25, 0.3) is 5.69 Å². The molecular formula is C19H16FN3O3S. The van der Waals surface area contributed by atoms with Crippen LogP contribution >= 0.6 is 0 Å². The third kappa shape index (κ3) is 3.35. The number of anilines is 1. The number of nitrogens with zero attached hydrogens (tertiary/aromatic N) is 2. The minimum absolute atomic E-state index is 0.318. The maximum Gasteiger partial charge on any atom is 0.256 e. The molecule has 0 saturated heterocycles. The van der Waals surface area contributed by atoms with Gasteiger partial charge in [0.15, 0.2) is 0 Å². The highest BCUT2D eigenvalue weighted by Gasteiger charge is 2.28. The van der Waals surface area contributed by atoms with Crippen LogP contribution in [0.5, 0.6) is 5.75 Å². The summed E-state index contributed by atoms with van der Waals surface area (Å²) in [6.07, 6.45) is 0. The zero-order valence-corrected chi connectivity index (χ0v) is 15.3. The van der Waals surface area contributed by atoms with Crippen LogP contribution in [-0.2, 0) is 22.3 Å². The van der Waals surface area contributed by atoms with Crippen molar-refractivity contribution >= 4 is 22.5 Å². The second-order valence-corrected chi connectivity index (χ2v) is 7.53. The van der Waals surface area contributed by atoms with Gasteiger partial charge in [0, 0.05) is 21.9 Å². The number of ether oxygens (including phenoxy) is 1. The van der Waals surface area contributed by atoms with E-state index in [0.29, 0.717) is 40.0 Å². The molecular weight excluding hydrogens is 369 g/mol. The highest BCUT2D eigenvalue weighted by Crippen LogP contribution is 2.31. The molecule has 0 saturated carbocycles. The van der Waals surface area contributed by atoms with Crippen LogP contribution in [0.1, 0.15) is 21.6 Å². The van der Waals surface area contributed by atoms with Crippen molar-refractivity contribution < 1.29 is 18.1 Å². The number of halogens is 1. The molecule has 0 radical (unpaired) electrons. The Bertz CT molecular complexity index is 1030. The number of fused-ring (bicyclic) bond motifs is 1. The predicted octanol–water partition coefficient (Wildman–Crippen LogP) is 3.03. The molecule has 0 aliphatic carbocycles. The molecule has 1 unspecified atom stereocenters. The first-order chi connectivity index (χ1) is 13.0. The smallest absolute Gasteiger partial charge is 0.256 e. The number of rotatable bonds is 4. The summed E-state index contributed by atoms with van der Waals surface area (Å²) in [6.45, 7) is 0. The van der Waals surface area contributed by atoms with Gasteiger partial charge in [0.1, 0.15) is 17.4 Å². The van der Waals surface area contributed by atoms with Crippen LogP contribution in [0.3, 0.4) is 0 Å². The lowest BCUT2D eigenvalue weighted by Crippen LogP contribution is -2.16. The van der Waals surface area contributed by atoms with Gasteiger partial charge in [-0.25, -0.2) is 9.07 Å². The van der Waals surface area contributed by atoms with Crippen molar-refractivity contribution in [1.29, 1.82) is 0 Å². The quantitative estimate of drug-likeness (QED) is 0.749. The summed E-state index contributed by atoms with van der Waals surface area (Å²) in [6, 6.07) is 12.5. The van der Waals surface area contributed by atoms with Crippen molar-refractivity contribution in [3.05, 3.63) is 71.2 Å². The average molecular weight is 385 g/mol. The fraction of sp³-hybridized carbons (Fsp3) is 0.158. The van der Waals surface area contributed by atoms with E-state index in [4.69, 9.17) is 4.74 Å². The number of aromatic nitrogens is 2. The Hall–Kier alpha value is -3.00. The highest BCUT2D eigenvalue weighted by atomic mass is 32.2. The first-order valence-corrected chi connectivity index (χ1v) is 9.71. The number of carbonyl (C=O) groups is 1. The Morgan fingerprint density at radius 1 is 1.15 bits per heavy atom. The third-order valence-electron chi connectivity index (χ3n) is 4.33. The molecule has 6 nitrogen and oxygen atoms in total. The van der Waals surface area contributed by atoms with E-state index < -0.39 is 10.8 Å². The molecule has 3 aromatic rings. The molecule has 1 aromatic heterocycles. The largest absolute Gasteiger partial charge is 0.497 e. The zero-order chi connectivity index (χ0) is 19.0. The number of benzene rings is 2. The van der Waals surface area contributed by atoms with Gasteiger partial charge < -0.3 is 10.1 Å². The summed E-state index contributed by atoms with van der Waals surface area (Å²) >= 11 is 0. The normalized spacial score (nSPS) is 15.4. The molecule has 1 aliphatic heterocycles. The van der Waals surface area contributed by atoms with Gasteiger partial charge in [0.25, 0.3) is 5.91 Å². The van der Waals surface area contributed by atoms with Gasteiger partial charge >= 0.3 is 0 Å². The van der Waals surface area contributed by atoms with E-state index in [1.165, 1.54) is 12.1 Å². The van der Waals surface area contributed by atoms with E-state index in [2.05, 4.69) is 10.4 Å². The molecule has 8 heteroatoms. The lowest BCUT2D eigenvalue weighted by Gasteiger charge is -2.11. The van der Waals surface area contributed by atoms with Crippen LogP contribution < -0.4 is 10.1 Å². The number of hydrogen-bond donors (Lipinski definition) is 1. The predicted molar refractivity (Wildman–Crippen MR) is 100 cm³/mol. The van der Waals surface area contributed by atoms with E-state index in [9.17, 15) is 13.4 Å². The molecule has 2 heterocycles. The van der Waals surface area contributed by atoms with Crippen molar-refractivity contribution in [3.8, 4) is 11.4 Å². The van der Waals surface area contributed by atoms with Gasteiger partial charge in [0.05, 0.1) is 30.0 Å². The van der Waals surface area contributed by atoms with Crippen LogP contribution in [0, 0.1) is 5.82 Å². The molecule has 1 atom stereocenters. The minimum Gasteiger partial charge on any atom is -0.497 e. The first-order valence-electron chi connectivity index (χ1n) is 8.22. The maximum atomic E-state index is 13.3. The zero-order valence-electron chi connectivity index (χ0n) is 14.4. The molecule has 0 bridgehead atoms.